The number of amides is 1. The van der Waals surface area contributed by atoms with Gasteiger partial charge >= 0.3 is 5.97 Å². The van der Waals surface area contributed by atoms with Crippen LogP contribution in [0.3, 0.4) is 0 Å². The van der Waals surface area contributed by atoms with E-state index in [0.29, 0.717) is 13.0 Å². The van der Waals surface area contributed by atoms with E-state index in [2.05, 4.69) is 5.32 Å². The molecule has 0 spiro atoms. The zero-order valence-electron chi connectivity index (χ0n) is 10.3. The predicted octanol–water partition coefficient (Wildman–Crippen LogP) is -1.03. The first-order valence-corrected chi connectivity index (χ1v) is 5.58. The Bertz CT molecular complexity index is 295. The van der Waals surface area contributed by atoms with E-state index in [9.17, 15) is 9.59 Å². The van der Waals surface area contributed by atoms with Crippen molar-refractivity contribution in [3.05, 3.63) is 0 Å². The number of rotatable bonds is 4. The van der Waals surface area contributed by atoms with Crippen molar-refractivity contribution < 1.29 is 19.2 Å². The summed E-state index contributed by atoms with van der Waals surface area (Å²) in [6.07, 6.45) is -0.672. The molecule has 0 aliphatic carbocycles. The summed E-state index contributed by atoms with van der Waals surface area (Å²) in [5.41, 5.74) is 5.44. The Balaban J connectivity index is 2.49. The molecular weight excluding hydrogens is 226 g/mol. The molecule has 7 nitrogen and oxygen atoms in total. The zero-order valence-corrected chi connectivity index (χ0v) is 10.3. The maximum Gasteiger partial charge on any atom is 0.337 e. The average Bonchev–Trinajstić information content (AvgIpc) is 2.60. The minimum absolute atomic E-state index is 0.282. The maximum absolute atomic E-state index is 11.4. The second kappa shape index (κ2) is 5.95. The molecule has 0 aromatic rings. The van der Waals surface area contributed by atoms with Gasteiger partial charge in [-0.3, -0.25) is 9.63 Å². The van der Waals surface area contributed by atoms with E-state index < -0.39 is 18.1 Å². The molecule has 3 N–H and O–H groups in total. The summed E-state index contributed by atoms with van der Waals surface area (Å²) >= 11 is 0. The summed E-state index contributed by atoms with van der Waals surface area (Å²) in [7, 11) is 1.64. The van der Waals surface area contributed by atoms with Crippen molar-refractivity contribution in [2.24, 2.45) is 5.73 Å². The molecule has 1 heterocycles. The summed E-state index contributed by atoms with van der Waals surface area (Å²) in [6.45, 7) is 3.62. The van der Waals surface area contributed by atoms with Crippen molar-refractivity contribution in [3.63, 3.8) is 0 Å². The van der Waals surface area contributed by atoms with Gasteiger partial charge in [-0.2, -0.15) is 5.06 Å². The van der Waals surface area contributed by atoms with Gasteiger partial charge < -0.3 is 15.8 Å². The Labute approximate surface area is 100 Å². The molecule has 1 rings (SSSR count). The second-order valence-electron chi connectivity index (χ2n) is 3.94. The highest BCUT2D eigenvalue weighted by atomic mass is 16.7. The van der Waals surface area contributed by atoms with Gasteiger partial charge in [-0.25, -0.2) is 4.79 Å². The first-order valence-electron chi connectivity index (χ1n) is 5.58. The lowest BCUT2D eigenvalue weighted by Crippen LogP contribution is -2.47. The smallest absolute Gasteiger partial charge is 0.337 e. The van der Waals surface area contributed by atoms with Crippen LogP contribution in [0.2, 0.25) is 0 Å². The van der Waals surface area contributed by atoms with Crippen molar-refractivity contribution in [2.75, 3.05) is 13.7 Å². The van der Waals surface area contributed by atoms with E-state index in [1.807, 2.05) is 0 Å². The Morgan fingerprint density at radius 2 is 2.29 bits per heavy atom. The third-order valence-corrected chi connectivity index (χ3v) is 2.44. The van der Waals surface area contributed by atoms with E-state index >= 15 is 0 Å². The molecule has 3 atom stereocenters. The van der Waals surface area contributed by atoms with E-state index in [0.717, 1.165) is 0 Å². The van der Waals surface area contributed by atoms with Crippen LogP contribution in [0.15, 0.2) is 0 Å². The molecule has 0 radical (unpaired) electrons. The number of carbonyl (C=O) groups is 2. The Morgan fingerprint density at radius 1 is 1.65 bits per heavy atom. The fourth-order valence-corrected chi connectivity index (χ4v) is 1.49. The van der Waals surface area contributed by atoms with Gasteiger partial charge in [0.1, 0.15) is 6.17 Å². The zero-order chi connectivity index (χ0) is 13.0. The number of carbonyl (C=O) groups excluding carboxylic acids is 2. The van der Waals surface area contributed by atoms with Crippen LogP contribution in [0.5, 0.6) is 0 Å². The first-order chi connectivity index (χ1) is 7.95. The van der Waals surface area contributed by atoms with Crippen LogP contribution in [-0.4, -0.2) is 48.9 Å². The van der Waals surface area contributed by atoms with Crippen LogP contribution in [0.25, 0.3) is 0 Å². The monoisotopic (exact) mass is 245 g/mol. The summed E-state index contributed by atoms with van der Waals surface area (Å²) in [4.78, 5) is 28.1. The van der Waals surface area contributed by atoms with Crippen molar-refractivity contribution in [3.8, 4) is 0 Å². The second-order valence-corrected chi connectivity index (χ2v) is 3.94. The Hall–Kier alpha value is -1.18. The van der Waals surface area contributed by atoms with Gasteiger partial charge in [0.15, 0.2) is 6.10 Å². The maximum atomic E-state index is 11.4. The number of esters is 1. The van der Waals surface area contributed by atoms with Gasteiger partial charge in [-0.1, -0.05) is 0 Å². The van der Waals surface area contributed by atoms with Gasteiger partial charge in [0.05, 0.1) is 12.6 Å². The Kier molecular flexibility index (Phi) is 4.86. The van der Waals surface area contributed by atoms with E-state index in [1.54, 1.807) is 20.9 Å². The van der Waals surface area contributed by atoms with E-state index in [-0.39, 0.29) is 12.1 Å². The van der Waals surface area contributed by atoms with Crippen molar-refractivity contribution in [2.45, 2.75) is 38.6 Å². The molecule has 98 valence electrons. The summed E-state index contributed by atoms with van der Waals surface area (Å²) < 4.78 is 4.85. The van der Waals surface area contributed by atoms with Crippen LogP contribution < -0.4 is 11.1 Å². The number of nitrogens with zero attached hydrogens (tertiary/aromatic N) is 1. The van der Waals surface area contributed by atoms with Crippen LogP contribution >= 0.6 is 0 Å². The van der Waals surface area contributed by atoms with Crippen LogP contribution in [0.1, 0.15) is 20.3 Å². The van der Waals surface area contributed by atoms with Crippen LogP contribution in [0, 0.1) is 0 Å². The highest BCUT2D eigenvalue weighted by Gasteiger charge is 2.37. The fourth-order valence-electron chi connectivity index (χ4n) is 1.49. The number of hydrogen-bond donors (Lipinski definition) is 2. The molecule has 1 aliphatic heterocycles. The summed E-state index contributed by atoms with van der Waals surface area (Å²) in [6, 6.07) is -0.593. The molecule has 7 heteroatoms. The number of nitrogens with two attached hydrogens (primary N) is 1. The Morgan fingerprint density at radius 3 is 2.82 bits per heavy atom. The van der Waals surface area contributed by atoms with Gasteiger partial charge in [0.25, 0.3) is 0 Å². The molecule has 17 heavy (non-hydrogen) atoms. The minimum atomic E-state index is -0.668. The lowest BCUT2D eigenvalue weighted by molar-refractivity contribution is -0.182. The molecule has 0 bridgehead atoms. The predicted molar refractivity (Wildman–Crippen MR) is 59.5 cm³/mol. The fraction of sp³-hybridized carbons (Fsp3) is 0.800. The van der Waals surface area contributed by atoms with Crippen molar-refractivity contribution in [1.29, 1.82) is 0 Å². The van der Waals surface area contributed by atoms with Gasteiger partial charge in [-0.15, -0.1) is 0 Å². The number of hydrogen-bond acceptors (Lipinski definition) is 6. The minimum Gasteiger partial charge on any atom is -0.464 e. The third-order valence-electron chi connectivity index (χ3n) is 2.44. The molecule has 1 saturated heterocycles. The van der Waals surface area contributed by atoms with Crippen molar-refractivity contribution in [1.82, 2.24) is 10.4 Å². The number of ether oxygens (including phenoxy) is 1. The lowest BCUT2D eigenvalue weighted by Gasteiger charge is -2.19. The normalized spacial score (nSPS) is 26.6. The van der Waals surface area contributed by atoms with Crippen LogP contribution in [0.4, 0.5) is 0 Å². The quantitative estimate of drug-likeness (QED) is 0.615. The standard InChI is InChI=1S/C10H19N3O4/c1-4-16-10(15)7-5-8(13(3)17-7)12-9(14)6(2)11/h6-8H,4-5,11H2,1-3H3,(H,12,14)/t6-,7+,8-/m0/s1. The topological polar surface area (TPSA) is 93.9 Å². The molecule has 0 saturated carbocycles. The molecule has 1 fully saturated rings. The van der Waals surface area contributed by atoms with E-state index in [4.69, 9.17) is 15.3 Å². The molecule has 1 aliphatic rings. The number of nitrogens with one attached hydrogen (secondary N) is 1. The number of hydroxylamine groups is 2. The third kappa shape index (κ3) is 3.65. The molecule has 0 aromatic carbocycles. The molecule has 1 amide bonds. The van der Waals surface area contributed by atoms with Crippen LogP contribution in [-0.2, 0) is 19.2 Å². The highest BCUT2D eigenvalue weighted by molar-refractivity contribution is 5.81. The highest BCUT2D eigenvalue weighted by Crippen LogP contribution is 2.18. The van der Waals surface area contributed by atoms with Gasteiger partial charge in [0.2, 0.25) is 5.91 Å². The lowest BCUT2D eigenvalue weighted by atomic mass is 10.2. The average molecular weight is 245 g/mol. The SMILES string of the molecule is CCOC(=O)[C@H]1C[C@@H](NC(=O)[C@H](C)N)N(C)O1. The largest absolute Gasteiger partial charge is 0.464 e. The first kappa shape index (κ1) is 13.9. The summed E-state index contributed by atoms with van der Waals surface area (Å²) in [5, 5.41) is 4.12. The van der Waals surface area contributed by atoms with Gasteiger partial charge in [0, 0.05) is 13.5 Å². The van der Waals surface area contributed by atoms with Crippen molar-refractivity contribution >= 4 is 11.9 Å². The van der Waals surface area contributed by atoms with E-state index in [1.165, 1.54) is 5.06 Å². The van der Waals surface area contributed by atoms with Gasteiger partial charge in [-0.05, 0) is 13.8 Å². The molecule has 0 unspecified atom stereocenters. The summed E-state index contributed by atoms with van der Waals surface area (Å²) in [5.74, 6) is -0.702. The molecular formula is C10H19N3O4. The molecule has 0 aromatic heterocycles.